The van der Waals surface area contributed by atoms with E-state index in [1.54, 1.807) is 22.5 Å². The summed E-state index contributed by atoms with van der Waals surface area (Å²) in [5, 5.41) is 10.0. The molecule has 0 saturated carbocycles. The second-order valence-electron chi connectivity index (χ2n) is 7.03. The molecule has 8 heteroatoms. The Bertz CT molecular complexity index is 1230. The number of nitrogens with zero attached hydrogens (tertiary/aromatic N) is 3. The Morgan fingerprint density at radius 3 is 2.74 bits per heavy atom. The normalized spacial score (nSPS) is 10.7. The average Bonchev–Trinajstić information content (AvgIpc) is 3.14. The van der Waals surface area contributed by atoms with Gasteiger partial charge in [-0.2, -0.15) is 5.10 Å². The predicted octanol–water partition coefficient (Wildman–Crippen LogP) is 5.24. The standard InChI is InChI=1S/C23H21N5OS2/c1-16-4-2-6-18(12-16)22-26-27-23(30)28(22)14-21(29)25-19-7-9-20(10-8-19)31-15-17-5-3-11-24-13-17/h2-13H,14-15H2,1H3,(H,25,29)(H,27,30). The summed E-state index contributed by atoms with van der Waals surface area (Å²) in [6.45, 7) is 2.09. The number of carbonyl (C=O) groups excluding carboxylic acids is 1. The molecule has 2 aromatic heterocycles. The van der Waals surface area contributed by atoms with Crippen LogP contribution < -0.4 is 5.32 Å². The lowest BCUT2D eigenvalue weighted by Crippen LogP contribution is -2.19. The molecule has 31 heavy (non-hydrogen) atoms. The van der Waals surface area contributed by atoms with E-state index in [1.165, 1.54) is 5.56 Å². The first kappa shape index (κ1) is 21.0. The number of nitrogens with one attached hydrogen (secondary N) is 2. The molecule has 0 spiro atoms. The quantitative estimate of drug-likeness (QED) is 0.299. The molecule has 0 aliphatic rings. The summed E-state index contributed by atoms with van der Waals surface area (Å²) < 4.78 is 2.12. The fourth-order valence-electron chi connectivity index (χ4n) is 3.10. The smallest absolute Gasteiger partial charge is 0.244 e. The summed E-state index contributed by atoms with van der Waals surface area (Å²) in [6.07, 6.45) is 3.64. The van der Waals surface area contributed by atoms with E-state index in [0.29, 0.717) is 10.6 Å². The van der Waals surface area contributed by atoms with Crippen LogP contribution in [-0.4, -0.2) is 25.7 Å². The van der Waals surface area contributed by atoms with Crippen LogP contribution in [0.2, 0.25) is 0 Å². The summed E-state index contributed by atoms with van der Waals surface area (Å²) >= 11 is 7.06. The van der Waals surface area contributed by atoms with E-state index < -0.39 is 0 Å². The van der Waals surface area contributed by atoms with E-state index in [1.807, 2.05) is 67.7 Å². The van der Waals surface area contributed by atoms with E-state index in [4.69, 9.17) is 12.2 Å². The Kier molecular flexibility index (Phi) is 6.59. The molecular weight excluding hydrogens is 426 g/mol. The van der Waals surface area contributed by atoms with Crippen LogP contribution in [0, 0.1) is 11.7 Å². The molecule has 0 aliphatic heterocycles. The van der Waals surface area contributed by atoms with Gasteiger partial charge in [-0.05, 0) is 61.1 Å². The fraction of sp³-hybridized carbons (Fsp3) is 0.130. The van der Waals surface area contributed by atoms with Crippen LogP contribution in [0.15, 0.2) is 78.0 Å². The van der Waals surface area contributed by atoms with Gasteiger partial charge in [-0.3, -0.25) is 19.4 Å². The summed E-state index contributed by atoms with van der Waals surface area (Å²) in [6, 6.07) is 19.7. The van der Waals surface area contributed by atoms with Crippen molar-refractivity contribution in [1.29, 1.82) is 0 Å². The number of thioether (sulfide) groups is 1. The van der Waals surface area contributed by atoms with Gasteiger partial charge >= 0.3 is 0 Å². The zero-order valence-electron chi connectivity index (χ0n) is 16.9. The fourth-order valence-corrected chi connectivity index (χ4v) is 4.13. The van der Waals surface area contributed by atoms with Gasteiger partial charge < -0.3 is 5.32 Å². The molecule has 0 saturated heterocycles. The number of pyridine rings is 1. The van der Waals surface area contributed by atoms with Gasteiger partial charge in [0.25, 0.3) is 0 Å². The molecule has 4 rings (SSSR count). The summed E-state index contributed by atoms with van der Waals surface area (Å²) in [7, 11) is 0. The average molecular weight is 448 g/mol. The van der Waals surface area contributed by atoms with Gasteiger partial charge in [-0.15, -0.1) is 11.8 Å². The van der Waals surface area contributed by atoms with Crippen molar-refractivity contribution in [3.05, 3.63) is 89.0 Å². The number of aromatic nitrogens is 4. The van der Waals surface area contributed by atoms with Crippen molar-refractivity contribution < 1.29 is 4.79 Å². The van der Waals surface area contributed by atoms with Crippen molar-refractivity contribution in [3.63, 3.8) is 0 Å². The first-order valence-corrected chi connectivity index (χ1v) is 11.1. The van der Waals surface area contributed by atoms with Crippen LogP contribution in [0.4, 0.5) is 5.69 Å². The molecule has 0 unspecified atom stereocenters. The van der Waals surface area contributed by atoms with Crippen LogP contribution >= 0.6 is 24.0 Å². The minimum atomic E-state index is -0.165. The highest BCUT2D eigenvalue weighted by Gasteiger charge is 2.13. The molecule has 1 amide bonds. The number of anilines is 1. The first-order chi connectivity index (χ1) is 15.1. The molecule has 156 valence electrons. The maximum Gasteiger partial charge on any atom is 0.244 e. The molecule has 2 aromatic carbocycles. The van der Waals surface area contributed by atoms with E-state index in [9.17, 15) is 4.79 Å². The molecule has 0 radical (unpaired) electrons. The molecule has 4 aromatic rings. The monoisotopic (exact) mass is 447 g/mol. The molecule has 2 N–H and O–H groups in total. The molecular formula is C23H21N5OS2. The van der Waals surface area contributed by atoms with E-state index in [0.717, 1.165) is 27.5 Å². The highest BCUT2D eigenvalue weighted by molar-refractivity contribution is 7.98. The molecule has 0 bridgehead atoms. The number of aryl methyl sites for hydroxylation is 1. The number of hydrogen-bond acceptors (Lipinski definition) is 5. The van der Waals surface area contributed by atoms with Gasteiger partial charge in [0.15, 0.2) is 10.6 Å². The van der Waals surface area contributed by atoms with Crippen molar-refractivity contribution in [2.75, 3.05) is 5.32 Å². The van der Waals surface area contributed by atoms with Gasteiger partial charge in [0.05, 0.1) is 0 Å². The predicted molar refractivity (Wildman–Crippen MR) is 126 cm³/mol. The second-order valence-corrected chi connectivity index (χ2v) is 8.47. The largest absolute Gasteiger partial charge is 0.325 e. The number of benzene rings is 2. The molecule has 0 atom stereocenters. The molecule has 0 fully saturated rings. The highest BCUT2D eigenvalue weighted by atomic mass is 32.2. The number of hydrogen-bond donors (Lipinski definition) is 2. The lowest BCUT2D eigenvalue weighted by molar-refractivity contribution is -0.116. The van der Waals surface area contributed by atoms with Crippen LogP contribution in [0.1, 0.15) is 11.1 Å². The summed E-state index contributed by atoms with van der Waals surface area (Å²) in [5.41, 5.74) is 3.94. The number of amides is 1. The topological polar surface area (TPSA) is 75.6 Å². The third-order valence-corrected chi connectivity index (χ3v) is 6.00. The SMILES string of the molecule is Cc1cccc(-c2n[nH]c(=S)n2CC(=O)Nc2ccc(SCc3cccnc3)cc2)c1. The van der Waals surface area contributed by atoms with Crippen LogP contribution in [-0.2, 0) is 17.1 Å². The summed E-state index contributed by atoms with van der Waals surface area (Å²) in [4.78, 5) is 17.9. The third kappa shape index (κ3) is 5.48. The van der Waals surface area contributed by atoms with Crippen molar-refractivity contribution in [2.24, 2.45) is 0 Å². The van der Waals surface area contributed by atoms with E-state index in [-0.39, 0.29) is 12.5 Å². The molecule has 6 nitrogen and oxygen atoms in total. The van der Waals surface area contributed by atoms with Crippen molar-refractivity contribution in [3.8, 4) is 11.4 Å². The van der Waals surface area contributed by atoms with E-state index >= 15 is 0 Å². The number of rotatable bonds is 7. The van der Waals surface area contributed by atoms with Gasteiger partial charge in [-0.25, -0.2) is 0 Å². The Labute approximate surface area is 189 Å². The maximum absolute atomic E-state index is 12.6. The third-order valence-electron chi connectivity index (χ3n) is 4.60. The Balaban J connectivity index is 1.39. The van der Waals surface area contributed by atoms with Crippen molar-refractivity contribution in [1.82, 2.24) is 19.7 Å². The van der Waals surface area contributed by atoms with Crippen molar-refractivity contribution in [2.45, 2.75) is 24.1 Å². The van der Waals surface area contributed by atoms with Crippen LogP contribution in [0.5, 0.6) is 0 Å². The van der Waals surface area contributed by atoms with Gasteiger partial charge in [0, 0.05) is 34.3 Å². The van der Waals surface area contributed by atoms with Crippen molar-refractivity contribution >= 4 is 35.6 Å². The molecule has 0 aliphatic carbocycles. The first-order valence-electron chi connectivity index (χ1n) is 9.72. The van der Waals surface area contributed by atoms with Gasteiger partial charge in [-0.1, -0.05) is 29.8 Å². The van der Waals surface area contributed by atoms with Gasteiger partial charge in [0.1, 0.15) is 6.54 Å². The minimum absolute atomic E-state index is 0.0795. The lowest BCUT2D eigenvalue weighted by Gasteiger charge is -2.09. The maximum atomic E-state index is 12.6. The second kappa shape index (κ2) is 9.72. The van der Waals surface area contributed by atoms with Crippen LogP contribution in [0.3, 0.4) is 0 Å². The Hall–Kier alpha value is -3.23. The number of H-pyrrole nitrogens is 1. The van der Waals surface area contributed by atoms with E-state index in [2.05, 4.69) is 26.6 Å². The lowest BCUT2D eigenvalue weighted by atomic mass is 10.1. The van der Waals surface area contributed by atoms with Gasteiger partial charge in [0.2, 0.25) is 5.91 Å². The zero-order valence-corrected chi connectivity index (χ0v) is 18.5. The minimum Gasteiger partial charge on any atom is -0.325 e. The Morgan fingerprint density at radius 2 is 2.00 bits per heavy atom. The summed E-state index contributed by atoms with van der Waals surface area (Å²) in [5.74, 6) is 1.33. The zero-order chi connectivity index (χ0) is 21.6. The Morgan fingerprint density at radius 1 is 1.16 bits per heavy atom. The number of aromatic amines is 1. The highest BCUT2D eigenvalue weighted by Crippen LogP contribution is 2.24. The van der Waals surface area contributed by atoms with Crippen LogP contribution in [0.25, 0.3) is 11.4 Å². The molecule has 2 heterocycles. The number of carbonyl (C=O) groups is 1.